The highest BCUT2D eigenvalue weighted by Crippen LogP contribution is 2.32. The van der Waals surface area contributed by atoms with Gasteiger partial charge in [0.15, 0.2) is 0 Å². The van der Waals surface area contributed by atoms with Gasteiger partial charge in [0.25, 0.3) is 0 Å². The molecule has 6 heteroatoms. The Bertz CT molecular complexity index is 846. The van der Waals surface area contributed by atoms with E-state index in [0.717, 1.165) is 17.7 Å². The van der Waals surface area contributed by atoms with Crippen LogP contribution in [0.1, 0.15) is 11.1 Å². The maximum atomic E-state index is 14.0. The van der Waals surface area contributed by atoms with E-state index in [-0.39, 0.29) is 11.3 Å². The number of nitrogens with zero attached hydrogens (tertiary/aromatic N) is 1. The molecule has 3 aromatic rings. The van der Waals surface area contributed by atoms with Crippen molar-refractivity contribution in [1.29, 1.82) is 0 Å². The fourth-order valence-corrected chi connectivity index (χ4v) is 2.27. The van der Waals surface area contributed by atoms with Gasteiger partial charge in [0.2, 0.25) is 0 Å². The topological polar surface area (TPSA) is 22.1 Å². The molecule has 0 aliphatic carbocycles. The predicted octanol–water partition coefficient (Wildman–Crippen LogP) is 5.49. The second kappa shape index (κ2) is 6.93. The number of pyridine rings is 1. The molecule has 0 atom stereocenters. The molecule has 0 aliphatic heterocycles. The molecule has 0 bridgehead atoms. The fourth-order valence-electron chi connectivity index (χ4n) is 2.27. The quantitative estimate of drug-likeness (QED) is 0.583. The highest BCUT2D eigenvalue weighted by molar-refractivity contribution is 5.61. The zero-order valence-electron chi connectivity index (χ0n) is 12.9. The third-order valence-electron chi connectivity index (χ3n) is 3.56. The van der Waals surface area contributed by atoms with Crippen LogP contribution in [0.2, 0.25) is 0 Å². The van der Waals surface area contributed by atoms with Gasteiger partial charge in [-0.1, -0.05) is 30.3 Å². The lowest BCUT2D eigenvalue weighted by molar-refractivity contribution is -0.137. The summed E-state index contributed by atoms with van der Waals surface area (Å²) in [5, 5.41) is 0. The smallest absolute Gasteiger partial charge is 0.416 e. The largest absolute Gasteiger partial charge is 0.487 e. The van der Waals surface area contributed by atoms with Gasteiger partial charge in [-0.3, -0.25) is 4.98 Å². The van der Waals surface area contributed by atoms with Crippen molar-refractivity contribution in [2.75, 3.05) is 0 Å². The van der Waals surface area contributed by atoms with Crippen molar-refractivity contribution < 1.29 is 22.3 Å². The fraction of sp³-hybridized carbons (Fsp3) is 0.105. The van der Waals surface area contributed by atoms with Gasteiger partial charge in [-0.25, -0.2) is 4.39 Å². The summed E-state index contributed by atoms with van der Waals surface area (Å²) in [6.45, 7) is 0.358. The van der Waals surface area contributed by atoms with E-state index in [2.05, 4.69) is 4.98 Å². The van der Waals surface area contributed by atoms with E-state index < -0.39 is 17.6 Å². The minimum absolute atomic E-state index is 0.00242. The molecule has 0 amide bonds. The third-order valence-corrected chi connectivity index (χ3v) is 3.56. The van der Waals surface area contributed by atoms with Crippen LogP contribution < -0.4 is 4.74 Å². The van der Waals surface area contributed by atoms with E-state index >= 15 is 0 Å². The molecule has 0 radical (unpaired) electrons. The maximum absolute atomic E-state index is 14.0. The molecule has 0 aliphatic rings. The first-order chi connectivity index (χ1) is 11.9. The Morgan fingerprint density at radius 3 is 2.28 bits per heavy atom. The molecule has 1 aromatic heterocycles. The van der Waals surface area contributed by atoms with Crippen molar-refractivity contribution in [2.45, 2.75) is 12.8 Å². The van der Waals surface area contributed by atoms with Crippen molar-refractivity contribution in [3.63, 3.8) is 0 Å². The molecule has 0 spiro atoms. The van der Waals surface area contributed by atoms with E-state index in [1.807, 2.05) is 30.3 Å². The number of aromatic nitrogens is 1. The Morgan fingerprint density at radius 2 is 1.68 bits per heavy atom. The highest BCUT2D eigenvalue weighted by atomic mass is 19.4. The van der Waals surface area contributed by atoms with Gasteiger partial charge < -0.3 is 4.74 Å². The predicted molar refractivity (Wildman–Crippen MR) is 85.4 cm³/mol. The molecule has 0 fully saturated rings. The molecule has 0 saturated carbocycles. The number of halogens is 4. The average molecular weight is 347 g/mol. The standard InChI is InChI=1S/C19H13F4NO/c20-17-10-14(19(21,22)23)6-8-16(17)18-9-7-15(11-24-18)25-12-13-4-2-1-3-5-13/h1-11H,12H2. The summed E-state index contributed by atoms with van der Waals surface area (Å²) in [6, 6.07) is 15.0. The first kappa shape index (κ1) is 17.0. The summed E-state index contributed by atoms with van der Waals surface area (Å²) < 4.78 is 57.3. The summed E-state index contributed by atoms with van der Waals surface area (Å²) in [5.41, 5.74) is 0.192. The number of benzene rings is 2. The SMILES string of the molecule is Fc1cc(C(F)(F)F)ccc1-c1ccc(OCc2ccccc2)cn1. The van der Waals surface area contributed by atoms with Gasteiger partial charge in [-0.05, 0) is 35.9 Å². The third kappa shape index (κ3) is 4.15. The van der Waals surface area contributed by atoms with Crippen molar-refractivity contribution in [3.8, 4) is 17.0 Å². The van der Waals surface area contributed by atoms with Gasteiger partial charge in [0.05, 0.1) is 17.5 Å². The lowest BCUT2D eigenvalue weighted by atomic mass is 10.1. The summed E-state index contributed by atoms with van der Waals surface area (Å²) in [5.74, 6) is -0.486. The normalized spacial score (nSPS) is 11.4. The number of rotatable bonds is 4. The Hall–Kier alpha value is -2.89. The molecule has 0 N–H and O–H groups in total. The van der Waals surface area contributed by atoms with Crippen LogP contribution >= 0.6 is 0 Å². The number of hydrogen-bond donors (Lipinski definition) is 0. The van der Waals surface area contributed by atoms with Crippen LogP contribution in [-0.2, 0) is 12.8 Å². The highest BCUT2D eigenvalue weighted by Gasteiger charge is 2.31. The monoisotopic (exact) mass is 347 g/mol. The lowest BCUT2D eigenvalue weighted by Crippen LogP contribution is -2.05. The first-order valence-corrected chi connectivity index (χ1v) is 7.43. The summed E-state index contributed by atoms with van der Waals surface area (Å²) in [7, 11) is 0. The zero-order chi connectivity index (χ0) is 17.9. The van der Waals surface area contributed by atoms with Crippen LogP contribution in [0.25, 0.3) is 11.3 Å². The Labute approximate surface area is 141 Å². The average Bonchev–Trinajstić information content (AvgIpc) is 2.60. The number of alkyl halides is 3. The molecule has 3 rings (SSSR count). The molecule has 0 unspecified atom stereocenters. The minimum Gasteiger partial charge on any atom is -0.487 e. The molecule has 1 heterocycles. The summed E-state index contributed by atoms with van der Waals surface area (Å²) in [4.78, 5) is 4.07. The van der Waals surface area contributed by atoms with Gasteiger partial charge in [-0.15, -0.1) is 0 Å². The Kier molecular flexibility index (Phi) is 4.70. The van der Waals surface area contributed by atoms with E-state index in [4.69, 9.17) is 4.74 Å². The van der Waals surface area contributed by atoms with Crippen LogP contribution in [0.15, 0.2) is 66.9 Å². The van der Waals surface area contributed by atoms with Gasteiger partial charge in [0.1, 0.15) is 18.2 Å². The minimum atomic E-state index is -4.58. The van der Waals surface area contributed by atoms with Gasteiger partial charge in [-0.2, -0.15) is 13.2 Å². The second-order valence-corrected chi connectivity index (χ2v) is 5.35. The molecule has 25 heavy (non-hydrogen) atoms. The Balaban J connectivity index is 1.74. The second-order valence-electron chi connectivity index (χ2n) is 5.35. The molecule has 0 saturated heterocycles. The summed E-state index contributed by atoms with van der Waals surface area (Å²) in [6.07, 6.45) is -3.17. The molecule has 2 nitrogen and oxygen atoms in total. The first-order valence-electron chi connectivity index (χ1n) is 7.43. The van der Waals surface area contributed by atoms with Crippen LogP contribution in [0, 0.1) is 5.82 Å². The van der Waals surface area contributed by atoms with Gasteiger partial charge in [0, 0.05) is 5.56 Å². The van der Waals surface area contributed by atoms with Crippen molar-refractivity contribution in [2.24, 2.45) is 0 Å². The maximum Gasteiger partial charge on any atom is 0.416 e. The molecule has 2 aromatic carbocycles. The van der Waals surface area contributed by atoms with E-state index in [1.54, 1.807) is 6.07 Å². The van der Waals surface area contributed by atoms with E-state index in [1.165, 1.54) is 12.3 Å². The van der Waals surface area contributed by atoms with Crippen LogP contribution in [-0.4, -0.2) is 4.98 Å². The van der Waals surface area contributed by atoms with Crippen LogP contribution in [0.5, 0.6) is 5.75 Å². The van der Waals surface area contributed by atoms with Crippen molar-refractivity contribution in [1.82, 2.24) is 4.98 Å². The Morgan fingerprint density at radius 1 is 0.920 bits per heavy atom. The van der Waals surface area contributed by atoms with Gasteiger partial charge >= 0.3 is 6.18 Å². The van der Waals surface area contributed by atoms with Crippen molar-refractivity contribution in [3.05, 3.63) is 83.8 Å². The number of hydrogen-bond acceptors (Lipinski definition) is 2. The molecular formula is C19H13F4NO. The van der Waals surface area contributed by atoms with E-state index in [9.17, 15) is 17.6 Å². The lowest BCUT2D eigenvalue weighted by Gasteiger charge is -2.10. The number of ether oxygens (including phenoxy) is 1. The molecular weight excluding hydrogens is 334 g/mol. The molecule has 128 valence electrons. The zero-order valence-corrected chi connectivity index (χ0v) is 12.9. The van der Waals surface area contributed by atoms with Crippen LogP contribution in [0.4, 0.5) is 17.6 Å². The van der Waals surface area contributed by atoms with Crippen LogP contribution in [0.3, 0.4) is 0 Å². The van der Waals surface area contributed by atoms with Crippen molar-refractivity contribution >= 4 is 0 Å². The summed E-state index contributed by atoms with van der Waals surface area (Å²) >= 11 is 0. The van der Waals surface area contributed by atoms with E-state index in [0.29, 0.717) is 18.4 Å².